The van der Waals surface area contributed by atoms with Crippen LogP contribution < -0.4 is 0 Å². The summed E-state index contributed by atoms with van der Waals surface area (Å²) in [5.74, 6) is 1.16. The van der Waals surface area contributed by atoms with Crippen LogP contribution in [0.3, 0.4) is 0 Å². The molecule has 0 atom stereocenters. The third kappa shape index (κ3) is 6.71. The molecule has 0 heteroatoms. The highest BCUT2D eigenvalue weighted by molar-refractivity contribution is 5.40. The molecule has 31 heavy (non-hydrogen) atoms. The van der Waals surface area contributed by atoms with Gasteiger partial charge in [0.2, 0.25) is 0 Å². The van der Waals surface area contributed by atoms with E-state index in [9.17, 15) is 0 Å². The topological polar surface area (TPSA) is 0 Å². The maximum Gasteiger partial charge on any atom is -0.0103 e. The molecule has 0 aromatic heterocycles. The van der Waals surface area contributed by atoms with Gasteiger partial charge in [-0.2, -0.15) is 0 Å². The highest BCUT2D eigenvalue weighted by Gasteiger charge is 2.23. The summed E-state index contributed by atoms with van der Waals surface area (Å²) in [6.07, 6.45) is 6.06. The van der Waals surface area contributed by atoms with E-state index in [4.69, 9.17) is 0 Å². The van der Waals surface area contributed by atoms with Crippen LogP contribution in [0.15, 0.2) is 36.4 Å². The van der Waals surface area contributed by atoms with Crippen LogP contribution in [0.5, 0.6) is 0 Å². The summed E-state index contributed by atoms with van der Waals surface area (Å²) in [5, 5.41) is 0. The van der Waals surface area contributed by atoms with Gasteiger partial charge in [0.25, 0.3) is 0 Å². The van der Waals surface area contributed by atoms with Crippen molar-refractivity contribution in [2.45, 2.75) is 124 Å². The maximum atomic E-state index is 2.49. The van der Waals surface area contributed by atoms with Crippen molar-refractivity contribution in [3.8, 4) is 0 Å². The zero-order chi connectivity index (χ0) is 23.4. The molecule has 0 radical (unpaired) electrons. The zero-order valence-electron chi connectivity index (χ0n) is 22.2. The lowest BCUT2D eigenvalue weighted by Crippen LogP contribution is -2.18. The van der Waals surface area contributed by atoms with Crippen molar-refractivity contribution in [2.24, 2.45) is 0 Å². The molecule has 2 aromatic carbocycles. The quantitative estimate of drug-likeness (QED) is 0.354. The number of aryl methyl sites for hydroxylation is 2. The average molecular weight is 421 g/mol. The Morgan fingerprint density at radius 2 is 1.06 bits per heavy atom. The number of benzene rings is 2. The number of rotatable bonds is 9. The molecule has 0 saturated heterocycles. The third-order valence-electron chi connectivity index (χ3n) is 7.08. The first kappa shape index (κ1) is 25.7. The molecule has 0 fully saturated rings. The fourth-order valence-electron chi connectivity index (χ4n) is 4.64. The van der Waals surface area contributed by atoms with Crippen molar-refractivity contribution in [2.75, 3.05) is 0 Å². The first-order valence-electron chi connectivity index (χ1n) is 12.6. The van der Waals surface area contributed by atoms with Crippen LogP contribution in [-0.4, -0.2) is 0 Å². The van der Waals surface area contributed by atoms with Gasteiger partial charge in [-0.05, 0) is 88.2 Å². The van der Waals surface area contributed by atoms with Crippen molar-refractivity contribution in [1.82, 2.24) is 0 Å². The van der Waals surface area contributed by atoms with Crippen molar-refractivity contribution < 1.29 is 0 Å². The Labute approximate surface area is 193 Å². The molecule has 0 amide bonds. The molecule has 0 nitrogen and oxygen atoms in total. The Kier molecular flexibility index (Phi) is 8.60. The molecule has 172 valence electrons. The highest BCUT2D eigenvalue weighted by Crippen LogP contribution is 2.34. The monoisotopic (exact) mass is 420 g/mol. The molecule has 0 N–H and O–H groups in total. The number of hydrogen-bond acceptors (Lipinski definition) is 0. The van der Waals surface area contributed by atoms with Gasteiger partial charge in [-0.25, -0.2) is 0 Å². The van der Waals surface area contributed by atoms with E-state index in [2.05, 4.69) is 106 Å². The maximum absolute atomic E-state index is 2.49. The van der Waals surface area contributed by atoms with E-state index < -0.39 is 0 Å². The van der Waals surface area contributed by atoms with E-state index in [1.807, 2.05) is 0 Å². The van der Waals surface area contributed by atoms with Gasteiger partial charge in [-0.3, -0.25) is 0 Å². The lowest BCUT2D eigenvalue weighted by atomic mass is 9.76. The lowest BCUT2D eigenvalue weighted by Gasteiger charge is -2.28. The van der Waals surface area contributed by atoms with Gasteiger partial charge in [0.1, 0.15) is 0 Å². The number of hydrogen-bond donors (Lipinski definition) is 0. The molecule has 0 aliphatic rings. The first-order valence-corrected chi connectivity index (χ1v) is 12.6. The molecule has 0 saturated carbocycles. The van der Waals surface area contributed by atoms with Crippen LogP contribution in [0.2, 0.25) is 0 Å². The minimum absolute atomic E-state index is 0.213. The molecular weight excluding hydrogens is 372 g/mol. The first-order chi connectivity index (χ1) is 14.4. The fraction of sp³-hybridized carbons (Fsp3) is 0.613. The van der Waals surface area contributed by atoms with Crippen LogP contribution in [-0.2, 0) is 23.7 Å². The standard InChI is InChI=1S/C31H48/c1-11-31(9,10)29-19-17-25(21-27(29)23(4)5)15-13-12-14-24-16-18-28(30(6,7)8)26(20-24)22(2)3/h16-23H,11-15H2,1-10H3. The second-order valence-corrected chi connectivity index (χ2v) is 11.8. The van der Waals surface area contributed by atoms with Crippen LogP contribution in [0.25, 0.3) is 0 Å². The summed E-state index contributed by atoms with van der Waals surface area (Å²) in [6, 6.07) is 14.5. The van der Waals surface area contributed by atoms with Crippen LogP contribution in [0, 0.1) is 0 Å². The molecule has 0 aliphatic heterocycles. The average Bonchev–Trinajstić information content (AvgIpc) is 2.70. The van der Waals surface area contributed by atoms with Gasteiger partial charge in [-0.15, -0.1) is 0 Å². The molecule has 0 aliphatic carbocycles. The van der Waals surface area contributed by atoms with Crippen molar-refractivity contribution in [3.63, 3.8) is 0 Å². The Morgan fingerprint density at radius 3 is 1.45 bits per heavy atom. The van der Waals surface area contributed by atoms with Crippen molar-refractivity contribution >= 4 is 0 Å². The summed E-state index contributed by atoms with van der Waals surface area (Å²) < 4.78 is 0. The van der Waals surface area contributed by atoms with Crippen molar-refractivity contribution in [3.05, 3.63) is 69.8 Å². The Balaban J connectivity index is 2.05. The smallest absolute Gasteiger partial charge is 0.0103 e. The van der Waals surface area contributed by atoms with Gasteiger partial charge in [0, 0.05) is 0 Å². The van der Waals surface area contributed by atoms with Crippen LogP contribution in [0.4, 0.5) is 0 Å². The SMILES string of the molecule is CCC(C)(C)c1ccc(CCCCc2ccc(C(C)(C)C)c(C(C)C)c2)cc1C(C)C. The van der Waals surface area contributed by atoms with Gasteiger partial charge < -0.3 is 0 Å². The lowest BCUT2D eigenvalue weighted by molar-refractivity contribution is 0.498. The molecule has 2 aromatic rings. The molecule has 0 spiro atoms. The minimum atomic E-state index is 0.213. The molecular formula is C31H48. The van der Waals surface area contributed by atoms with E-state index in [1.165, 1.54) is 59.9 Å². The van der Waals surface area contributed by atoms with Gasteiger partial charge in [-0.1, -0.05) is 106 Å². The second-order valence-electron chi connectivity index (χ2n) is 11.8. The van der Waals surface area contributed by atoms with E-state index in [1.54, 1.807) is 5.56 Å². The van der Waals surface area contributed by atoms with Gasteiger partial charge >= 0.3 is 0 Å². The molecule has 0 bridgehead atoms. The van der Waals surface area contributed by atoms with Gasteiger partial charge in [0.05, 0.1) is 0 Å². The Hall–Kier alpha value is -1.56. The third-order valence-corrected chi connectivity index (χ3v) is 7.08. The van der Waals surface area contributed by atoms with Crippen molar-refractivity contribution in [1.29, 1.82) is 0 Å². The summed E-state index contributed by atoms with van der Waals surface area (Å²) in [6.45, 7) is 23.4. The molecule has 0 unspecified atom stereocenters. The van der Waals surface area contributed by atoms with Crippen LogP contribution in [0.1, 0.15) is 134 Å². The Bertz CT molecular complexity index is 843. The predicted octanol–water partition coefficient (Wildman–Crippen LogP) is 9.48. The molecule has 0 heterocycles. The van der Waals surface area contributed by atoms with E-state index in [0.717, 1.165) is 0 Å². The predicted molar refractivity (Wildman–Crippen MR) is 140 cm³/mol. The van der Waals surface area contributed by atoms with Gasteiger partial charge in [0.15, 0.2) is 0 Å². The fourth-order valence-corrected chi connectivity index (χ4v) is 4.64. The summed E-state index contributed by atoms with van der Waals surface area (Å²) >= 11 is 0. The summed E-state index contributed by atoms with van der Waals surface area (Å²) in [4.78, 5) is 0. The van der Waals surface area contributed by atoms with Crippen LogP contribution >= 0.6 is 0 Å². The molecule has 2 rings (SSSR count). The highest BCUT2D eigenvalue weighted by atomic mass is 14.3. The zero-order valence-corrected chi connectivity index (χ0v) is 22.2. The van der Waals surface area contributed by atoms with E-state index in [0.29, 0.717) is 11.8 Å². The summed E-state index contributed by atoms with van der Waals surface area (Å²) in [7, 11) is 0. The summed E-state index contributed by atoms with van der Waals surface area (Å²) in [5.41, 5.74) is 9.58. The Morgan fingerprint density at radius 1 is 0.645 bits per heavy atom. The largest absolute Gasteiger partial charge is 0.0646 e. The van der Waals surface area contributed by atoms with E-state index >= 15 is 0 Å². The normalized spacial score (nSPS) is 12.8. The van der Waals surface area contributed by atoms with E-state index in [-0.39, 0.29) is 10.8 Å². The second kappa shape index (κ2) is 10.4. The number of unbranched alkanes of at least 4 members (excludes halogenated alkanes) is 1. The minimum Gasteiger partial charge on any atom is -0.0646 e.